The lowest BCUT2D eigenvalue weighted by molar-refractivity contribution is -0.138. The molecule has 1 unspecified atom stereocenters. The lowest BCUT2D eigenvalue weighted by atomic mass is 10.2. The van der Waals surface area contributed by atoms with Gasteiger partial charge in [-0.25, -0.2) is 8.42 Å². The van der Waals surface area contributed by atoms with Gasteiger partial charge in [-0.2, -0.15) is 4.72 Å². The highest BCUT2D eigenvalue weighted by atomic mass is 32.2. The van der Waals surface area contributed by atoms with E-state index in [9.17, 15) is 13.2 Å². The van der Waals surface area contributed by atoms with Crippen LogP contribution in [-0.2, 0) is 14.8 Å². The van der Waals surface area contributed by atoms with Crippen molar-refractivity contribution in [3.8, 4) is 0 Å². The van der Waals surface area contributed by atoms with Crippen LogP contribution in [0.3, 0.4) is 0 Å². The van der Waals surface area contributed by atoms with Crippen molar-refractivity contribution in [2.24, 2.45) is 0 Å². The second kappa shape index (κ2) is 5.99. The van der Waals surface area contributed by atoms with Gasteiger partial charge in [0.1, 0.15) is 6.04 Å². The zero-order valence-electron chi connectivity index (χ0n) is 10.9. The van der Waals surface area contributed by atoms with Gasteiger partial charge in [0.05, 0.1) is 4.90 Å². The van der Waals surface area contributed by atoms with Gasteiger partial charge in [-0.3, -0.25) is 4.79 Å². The fourth-order valence-electron chi connectivity index (χ4n) is 1.61. The van der Waals surface area contributed by atoms with Crippen LogP contribution < -0.4 is 4.72 Å². The van der Waals surface area contributed by atoms with E-state index in [2.05, 4.69) is 11.3 Å². The van der Waals surface area contributed by atoms with E-state index in [1.807, 2.05) is 0 Å². The van der Waals surface area contributed by atoms with Crippen molar-refractivity contribution < 1.29 is 18.3 Å². The summed E-state index contributed by atoms with van der Waals surface area (Å²) in [6.45, 7) is 6.86. The number of aliphatic carboxylic acids is 1. The van der Waals surface area contributed by atoms with Crippen LogP contribution in [-0.4, -0.2) is 25.5 Å². The van der Waals surface area contributed by atoms with Crippen LogP contribution in [0.4, 0.5) is 0 Å². The van der Waals surface area contributed by atoms with Gasteiger partial charge in [0, 0.05) is 0 Å². The number of hydrogen-bond donors (Lipinski definition) is 2. The van der Waals surface area contributed by atoms with Gasteiger partial charge in [0.2, 0.25) is 10.0 Å². The number of nitrogens with one attached hydrogen (secondary N) is 1. The van der Waals surface area contributed by atoms with Crippen LogP contribution in [0.25, 0.3) is 0 Å². The third-order valence-corrected chi connectivity index (χ3v) is 4.24. The maximum absolute atomic E-state index is 12.2. The average Bonchev–Trinajstić information content (AvgIpc) is 2.31. The molecule has 0 aliphatic rings. The molecule has 1 rings (SSSR count). The van der Waals surface area contributed by atoms with E-state index >= 15 is 0 Å². The minimum absolute atomic E-state index is 0.0272. The van der Waals surface area contributed by atoms with Crippen LogP contribution in [0.15, 0.2) is 35.7 Å². The van der Waals surface area contributed by atoms with Gasteiger partial charge in [0.25, 0.3) is 0 Å². The zero-order valence-corrected chi connectivity index (χ0v) is 11.7. The van der Waals surface area contributed by atoms with E-state index < -0.39 is 22.0 Å². The van der Waals surface area contributed by atoms with Gasteiger partial charge in [-0.15, -0.1) is 6.58 Å². The summed E-state index contributed by atoms with van der Waals surface area (Å²) in [6, 6.07) is 3.80. The number of hydrogen-bond acceptors (Lipinski definition) is 3. The molecular weight excluding hydrogens is 266 g/mol. The highest BCUT2D eigenvalue weighted by Crippen LogP contribution is 2.17. The second-order valence-electron chi connectivity index (χ2n) is 4.31. The van der Waals surface area contributed by atoms with E-state index in [-0.39, 0.29) is 11.3 Å². The molecular formula is C13H17NO4S. The molecule has 0 spiro atoms. The van der Waals surface area contributed by atoms with E-state index in [1.165, 1.54) is 12.1 Å². The number of benzene rings is 1. The molecule has 0 amide bonds. The molecule has 0 aliphatic carbocycles. The summed E-state index contributed by atoms with van der Waals surface area (Å²) in [5, 5.41) is 8.96. The van der Waals surface area contributed by atoms with E-state index in [4.69, 9.17) is 5.11 Å². The SMILES string of the molecule is C=CCC(NS(=O)(=O)c1cc(C)ccc1C)C(=O)O. The minimum Gasteiger partial charge on any atom is -0.480 e. The third-order valence-electron chi connectivity index (χ3n) is 2.63. The van der Waals surface area contributed by atoms with Crippen molar-refractivity contribution in [2.45, 2.75) is 31.2 Å². The summed E-state index contributed by atoms with van der Waals surface area (Å²) in [5.41, 5.74) is 1.36. The maximum Gasteiger partial charge on any atom is 0.322 e. The molecule has 0 fully saturated rings. The van der Waals surface area contributed by atoms with Crippen LogP contribution in [0.5, 0.6) is 0 Å². The Kier molecular flexibility index (Phi) is 4.85. The van der Waals surface area contributed by atoms with Crippen LogP contribution in [0.1, 0.15) is 17.5 Å². The number of carboxylic acid groups (broad SMARTS) is 1. The van der Waals surface area contributed by atoms with Gasteiger partial charge in [0.15, 0.2) is 0 Å². The van der Waals surface area contributed by atoms with E-state index in [1.54, 1.807) is 26.0 Å². The Hall–Kier alpha value is -1.66. The van der Waals surface area contributed by atoms with Crippen molar-refractivity contribution in [3.63, 3.8) is 0 Å². The van der Waals surface area contributed by atoms with Crippen LogP contribution >= 0.6 is 0 Å². The standard InChI is InChI=1S/C13H17NO4S/c1-4-5-11(13(15)16)14-19(17,18)12-8-9(2)6-7-10(12)3/h4,6-8,11,14H,1,5H2,2-3H3,(H,15,16). The molecule has 6 heteroatoms. The molecule has 0 heterocycles. The topological polar surface area (TPSA) is 83.5 Å². The summed E-state index contributed by atoms with van der Waals surface area (Å²) in [5.74, 6) is -1.23. The minimum atomic E-state index is -3.86. The van der Waals surface area contributed by atoms with Gasteiger partial charge < -0.3 is 5.11 Å². The average molecular weight is 283 g/mol. The van der Waals surface area contributed by atoms with Crippen LogP contribution in [0, 0.1) is 13.8 Å². The fourth-order valence-corrected chi connectivity index (χ4v) is 3.15. The molecule has 0 aliphatic heterocycles. The Morgan fingerprint density at radius 1 is 1.47 bits per heavy atom. The first-order valence-corrected chi connectivity index (χ1v) is 7.19. The first-order valence-electron chi connectivity index (χ1n) is 5.71. The zero-order chi connectivity index (χ0) is 14.6. The number of carboxylic acids is 1. The Balaban J connectivity index is 3.13. The molecule has 0 saturated heterocycles. The van der Waals surface area contributed by atoms with Gasteiger partial charge in [-0.1, -0.05) is 18.2 Å². The lowest BCUT2D eigenvalue weighted by Gasteiger charge is -2.14. The highest BCUT2D eigenvalue weighted by molar-refractivity contribution is 7.89. The molecule has 0 saturated carbocycles. The molecule has 1 aromatic carbocycles. The van der Waals surface area contributed by atoms with Crippen LogP contribution in [0.2, 0.25) is 0 Å². The largest absolute Gasteiger partial charge is 0.480 e. The highest BCUT2D eigenvalue weighted by Gasteiger charge is 2.25. The quantitative estimate of drug-likeness (QED) is 0.777. The Morgan fingerprint density at radius 3 is 2.63 bits per heavy atom. The smallest absolute Gasteiger partial charge is 0.322 e. The molecule has 104 valence electrons. The Labute approximate surface area is 113 Å². The molecule has 1 aromatic rings. The number of sulfonamides is 1. The summed E-state index contributed by atoms with van der Waals surface area (Å²) in [7, 11) is -3.86. The van der Waals surface area contributed by atoms with E-state index in [0.717, 1.165) is 5.56 Å². The molecule has 5 nitrogen and oxygen atoms in total. The Morgan fingerprint density at radius 2 is 2.11 bits per heavy atom. The number of aryl methyl sites for hydroxylation is 2. The summed E-state index contributed by atoms with van der Waals surface area (Å²) < 4.78 is 26.6. The van der Waals surface area contributed by atoms with Crippen molar-refractivity contribution in [2.75, 3.05) is 0 Å². The first-order chi connectivity index (χ1) is 8.77. The van der Waals surface area contributed by atoms with Crippen molar-refractivity contribution >= 4 is 16.0 Å². The number of rotatable bonds is 6. The normalized spacial score (nSPS) is 12.9. The molecule has 2 N–H and O–H groups in total. The summed E-state index contributed by atoms with van der Waals surface area (Å²) in [6.07, 6.45) is 1.39. The second-order valence-corrected chi connectivity index (χ2v) is 5.99. The summed E-state index contributed by atoms with van der Waals surface area (Å²) >= 11 is 0. The third kappa shape index (κ3) is 3.90. The monoisotopic (exact) mass is 283 g/mol. The first kappa shape index (κ1) is 15.4. The predicted octanol–water partition coefficient (Wildman–Crippen LogP) is 1.61. The van der Waals surface area contributed by atoms with E-state index in [0.29, 0.717) is 5.56 Å². The molecule has 0 aromatic heterocycles. The van der Waals surface area contributed by atoms with Gasteiger partial charge >= 0.3 is 5.97 Å². The summed E-state index contributed by atoms with van der Waals surface area (Å²) in [4.78, 5) is 11.1. The molecule has 1 atom stereocenters. The van der Waals surface area contributed by atoms with Gasteiger partial charge in [-0.05, 0) is 37.5 Å². The van der Waals surface area contributed by atoms with Crippen molar-refractivity contribution in [1.29, 1.82) is 0 Å². The van der Waals surface area contributed by atoms with Crippen molar-refractivity contribution in [3.05, 3.63) is 42.0 Å². The molecule has 0 bridgehead atoms. The number of carbonyl (C=O) groups is 1. The fraction of sp³-hybridized carbons (Fsp3) is 0.308. The maximum atomic E-state index is 12.2. The lowest BCUT2D eigenvalue weighted by Crippen LogP contribution is -2.40. The molecule has 19 heavy (non-hydrogen) atoms. The molecule has 0 radical (unpaired) electrons. The Bertz CT molecular complexity index is 593. The van der Waals surface area contributed by atoms with Crippen molar-refractivity contribution in [1.82, 2.24) is 4.72 Å². The predicted molar refractivity (Wildman–Crippen MR) is 72.5 cm³/mol.